The topological polar surface area (TPSA) is 49.8 Å². The van der Waals surface area contributed by atoms with Crippen molar-refractivity contribution in [3.05, 3.63) is 12.2 Å². The van der Waals surface area contributed by atoms with E-state index in [0.717, 1.165) is 0 Å². The maximum Gasteiger partial charge on any atom is 0.410 e. The number of ether oxygens (including phenoxy) is 1. The van der Waals surface area contributed by atoms with Crippen LogP contribution in [0, 0.1) is 0 Å². The van der Waals surface area contributed by atoms with Crippen LogP contribution in [0.25, 0.3) is 0 Å². The molecule has 16 heavy (non-hydrogen) atoms. The Kier molecular flexibility index (Phi) is 7.64. The van der Waals surface area contributed by atoms with Gasteiger partial charge in [-0.2, -0.15) is 0 Å². The largest absolute Gasteiger partial charge is 0.445 e. The molecule has 1 N–H and O–H groups in total. The molecule has 0 aliphatic rings. The van der Waals surface area contributed by atoms with Gasteiger partial charge in [-0.05, 0) is 34.1 Å². The molecule has 0 unspecified atom stereocenters. The van der Waals surface area contributed by atoms with Crippen molar-refractivity contribution in [1.29, 1.82) is 0 Å². The smallest absolute Gasteiger partial charge is 0.410 e. The molecule has 0 saturated heterocycles. The van der Waals surface area contributed by atoms with Gasteiger partial charge in [0.05, 0.1) is 0 Å². The molecule has 0 rings (SSSR count). The monoisotopic (exact) mass is 229 g/mol. The van der Waals surface area contributed by atoms with Crippen LogP contribution in [0.15, 0.2) is 12.2 Å². The zero-order chi connectivity index (χ0) is 12.6. The summed E-state index contributed by atoms with van der Waals surface area (Å²) in [7, 11) is 0. The summed E-state index contributed by atoms with van der Waals surface area (Å²) in [5, 5.41) is 8.54. The highest BCUT2D eigenvalue weighted by molar-refractivity contribution is 5.68. The van der Waals surface area contributed by atoms with E-state index < -0.39 is 0 Å². The highest BCUT2D eigenvalue weighted by atomic mass is 16.6. The molecule has 1 amide bonds. The van der Waals surface area contributed by atoms with Crippen molar-refractivity contribution >= 4 is 6.09 Å². The van der Waals surface area contributed by atoms with Crippen molar-refractivity contribution < 1.29 is 14.6 Å². The number of carbonyl (C=O) groups is 1. The van der Waals surface area contributed by atoms with Gasteiger partial charge in [-0.15, -0.1) is 0 Å². The van der Waals surface area contributed by atoms with Gasteiger partial charge in [-0.3, -0.25) is 0 Å². The van der Waals surface area contributed by atoms with Crippen molar-refractivity contribution in [2.24, 2.45) is 0 Å². The summed E-state index contributed by atoms with van der Waals surface area (Å²) in [6.45, 7) is 8.22. The van der Waals surface area contributed by atoms with Crippen LogP contribution in [0.3, 0.4) is 0 Å². The van der Waals surface area contributed by atoms with E-state index in [2.05, 4.69) is 0 Å². The molecule has 0 bridgehead atoms. The average molecular weight is 229 g/mol. The van der Waals surface area contributed by atoms with Crippen LogP contribution in [-0.2, 0) is 4.74 Å². The van der Waals surface area contributed by atoms with Crippen molar-refractivity contribution in [2.45, 2.75) is 46.2 Å². The van der Waals surface area contributed by atoms with Gasteiger partial charge in [0.15, 0.2) is 0 Å². The van der Waals surface area contributed by atoms with Gasteiger partial charge in [0.25, 0.3) is 0 Å². The van der Waals surface area contributed by atoms with Gasteiger partial charge in [0.2, 0.25) is 0 Å². The van der Waals surface area contributed by atoms with Crippen LogP contribution < -0.4 is 0 Å². The van der Waals surface area contributed by atoms with Crippen LogP contribution in [-0.4, -0.2) is 41.4 Å². The second-order valence-electron chi connectivity index (χ2n) is 4.16. The number of hydrogen-bond acceptors (Lipinski definition) is 3. The van der Waals surface area contributed by atoms with Crippen LogP contribution in [0.2, 0.25) is 0 Å². The summed E-state index contributed by atoms with van der Waals surface area (Å²) in [5.74, 6) is 0. The van der Waals surface area contributed by atoms with E-state index in [-0.39, 0.29) is 31.4 Å². The van der Waals surface area contributed by atoms with Gasteiger partial charge in [0, 0.05) is 18.7 Å². The summed E-state index contributed by atoms with van der Waals surface area (Å²) in [5.41, 5.74) is 0. The minimum absolute atomic E-state index is 0.120. The van der Waals surface area contributed by atoms with Crippen molar-refractivity contribution in [2.75, 3.05) is 13.2 Å². The first kappa shape index (κ1) is 15.0. The Balaban J connectivity index is 4.02. The van der Waals surface area contributed by atoms with E-state index in [1.165, 1.54) is 0 Å². The molecular weight excluding hydrogens is 206 g/mol. The summed E-state index contributed by atoms with van der Waals surface area (Å²) >= 11 is 0. The minimum atomic E-state index is -0.293. The molecule has 4 nitrogen and oxygen atoms in total. The lowest BCUT2D eigenvalue weighted by Crippen LogP contribution is -2.42. The zero-order valence-corrected chi connectivity index (χ0v) is 10.6. The second-order valence-corrected chi connectivity index (χ2v) is 4.16. The van der Waals surface area contributed by atoms with E-state index in [4.69, 9.17) is 9.84 Å². The van der Waals surface area contributed by atoms with Gasteiger partial charge in [-0.25, -0.2) is 4.79 Å². The third-order valence-electron chi connectivity index (χ3n) is 2.09. The van der Waals surface area contributed by atoms with E-state index in [9.17, 15) is 4.79 Å². The van der Waals surface area contributed by atoms with Crippen LogP contribution >= 0.6 is 0 Å². The molecule has 0 atom stereocenters. The molecule has 0 aromatic rings. The van der Waals surface area contributed by atoms with Gasteiger partial charge in [0.1, 0.15) is 6.61 Å². The number of aliphatic hydroxyl groups is 1. The number of nitrogens with zero attached hydrogens (tertiary/aromatic N) is 1. The predicted molar refractivity (Wildman–Crippen MR) is 64.3 cm³/mol. The molecule has 0 saturated carbocycles. The van der Waals surface area contributed by atoms with Crippen molar-refractivity contribution in [1.82, 2.24) is 4.90 Å². The van der Waals surface area contributed by atoms with E-state index in [1.807, 2.05) is 27.7 Å². The van der Waals surface area contributed by atoms with E-state index in [1.54, 1.807) is 17.1 Å². The number of rotatable bonds is 6. The maximum atomic E-state index is 11.7. The molecule has 0 radical (unpaired) electrons. The third kappa shape index (κ3) is 5.75. The van der Waals surface area contributed by atoms with Gasteiger partial charge >= 0.3 is 6.09 Å². The van der Waals surface area contributed by atoms with Crippen LogP contribution in [0.4, 0.5) is 4.79 Å². The van der Waals surface area contributed by atoms with Crippen molar-refractivity contribution in [3.63, 3.8) is 0 Å². The summed E-state index contributed by atoms with van der Waals surface area (Å²) in [6.07, 6.45) is 3.84. The minimum Gasteiger partial charge on any atom is -0.445 e. The fourth-order valence-electron chi connectivity index (χ4n) is 1.47. The Labute approximate surface area is 97.9 Å². The molecule has 0 aromatic carbocycles. The predicted octanol–water partition coefficient (Wildman–Crippen LogP) is 2.18. The van der Waals surface area contributed by atoms with Crippen LogP contribution in [0.5, 0.6) is 0 Å². The molecule has 0 fully saturated rings. The molecule has 0 aromatic heterocycles. The van der Waals surface area contributed by atoms with Crippen molar-refractivity contribution in [3.8, 4) is 0 Å². The molecule has 0 aliphatic carbocycles. The normalized spacial score (nSPS) is 11.4. The molecule has 0 aliphatic heterocycles. The lowest BCUT2D eigenvalue weighted by Gasteiger charge is -2.29. The summed E-state index contributed by atoms with van der Waals surface area (Å²) in [6, 6.07) is 0.267. The number of amides is 1. The number of aliphatic hydroxyl groups excluding tert-OH is 1. The first-order valence-corrected chi connectivity index (χ1v) is 5.71. The van der Waals surface area contributed by atoms with Crippen LogP contribution in [0.1, 0.15) is 34.1 Å². The summed E-state index contributed by atoms with van der Waals surface area (Å²) in [4.78, 5) is 13.4. The number of carbonyl (C=O) groups excluding carboxylic acids is 1. The Morgan fingerprint density at radius 3 is 2.25 bits per heavy atom. The highest BCUT2D eigenvalue weighted by Gasteiger charge is 2.20. The molecule has 0 heterocycles. The zero-order valence-electron chi connectivity index (χ0n) is 10.6. The first-order valence-electron chi connectivity index (χ1n) is 5.71. The Morgan fingerprint density at radius 1 is 1.25 bits per heavy atom. The fraction of sp³-hybridized carbons (Fsp3) is 0.750. The average Bonchev–Trinajstić information content (AvgIpc) is 2.16. The number of hydrogen-bond donors (Lipinski definition) is 1. The lowest BCUT2D eigenvalue weighted by atomic mass is 10.2. The summed E-state index contributed by atoms with van der Waals surface area (Å²) < 4.78 is 5.09. The molecule has 4 heteroatoms. The quantitative estimate of drug-likeness (QED) is 0.710. The second kappa shape index (κ2) is 8.16. The molecular formula is C12H23NO3. The fourth-order valence-corrected chi connectivity index (χ4v) is 1.47. The Bertz CT molecular complexity index is 216. The lowest BCUT2D eigenvalue weighted by molar-refractivity contribution is 0.0875. The third-order valence-corrected chi connectivity index (χ3v) is 2.09. The first-order chi connectivity index (χ1) is 7.50. The molecule has 0 spiro atoms. The Hall–Kier alpha value is -1.03. The SMILES string of the molecule is CC(C)N(C(=O)OC/C=C/CCO)C(C)C. The maximum absolute atomic E-state index is 11.7. The molecule has 94 valence electrons. The standard InChI is InChI=1S/C12H23NO3/c1-10(2)13(11(3)4)12(15)16-9-7-5-6-8-14/h5,7,10-11,14H,6,8-9H2,1-4H3/b7-5+. The van der Waals surface area contributed by atoms with E-state index in [0.29, 0.717) is 6.42 Å². The van der Waals surface area contributed by atoms with Gasteiger partial charge < -0.3 is 14.7 Å². The van der Waals surface area contributed by atoms with Gasteiger partial charge in [-0.1, -0.05) is 12.2 Å². The Morgan fingerprint density at radius 2 is 1.81 bits per heavy atom. The van der Waals surface area contributed by atoms with E-state index >= 15 is 0 Å². The highest BCUT2D eigenvalue weighted by Crippen LogP contribution is 2.07.